The second-order valence-corrected chi connectivity index (χ2v) is 4.53. The van der Waals surface area contributed by atoms with Gasteiger partial charge in [-0.05, 0) is 0 Å². The molecule has 0 aliphatic heterocycles. The van der Waals surface area contributed by atoms with Crippen LogP contribution in [0.5, 0.6) is 0 Å². The van der Waals surface area contributed by atoms with Crippen molar-refractivity contribution in [3.63, 3.8) is 0 Å². The van der Waals surface area contributed by atoms with Gasteiger partial charge in [0.15, 0.2) is 0 Å². The summed E-state index contributed by atoms with van der Waals surface area (Å²) in [5, 5.41) is 0. The molecule has 0 rings (SSSR count). The number of hydrogen-bond acceptors (Lipinski definition) is 4. The van der Waals surface area contributed by atoms with Crippen molar-refractivity contribution >= 4 is 33.7 Å². The predicted octanol–water partition coefficient (Wildman–Crippen LogP) is 1.99. The summed E-state index contributed by atoms with van der Waals surface area (Å²) in [5.74, 6) is -0.495. The molecule has 0 unspecified atom stereocenters. The average molecular weight is 330 g/mol. The Hall–Kier alpha value is -0.270. The normalized spacial score (nSPS) is 9.73. The summed E-state index contributed by atoms with van der Waals surface area (Å²) in [4.78, 5) is 22.0. The molecule has 88 valence electrons. The van der Waals surface area contributed by atoms with E-state index in [0.29, 0.717) is 12.8 Å². The molecule has 0 aromatic heterocycles. The van der Waals surface area contributed by atoms with Gasteiger partial charge in [-0.2, -0.15) is 0 Å². The van der Waals surface area contributed by atoms with Gasteiger partial charge in [0.25, 0.3) is 0 Å². The topological polar surface area (TPSA) is 52.6 Å². The van der Waals surface area contributed by atoms with E-state index in [-0.39, 0.29) is 11.9 Å². The zero-order valence-electron chi connectivity index (χ0n) is 9.28. The standard InChI is InChI=1S/C10H18O4Te/c1-3-5-7-9(11)13-15-14-10(12)8-6-4-2/h3-8H2,1-2H3. The molecule has 4 nitrogen and oxygen atoms in total. The number of unbranched alkanes of at least 4 members (excludes halogenated alkanes) is 2. The Labute approximate surface area is 102 Å². The third kappa shape index (κ3) is 10.0. The average Bonchev–Trinajstić information content (AvgIpc) is 2.23. The quantitative estimate of drug-likeness (QED) is 0.639. The SMILES string of the molecule is CCCCC(=O)O[Te]OC(=O)CCCC. The van der Waals surface area contributed by atoms with Gasteiger partial charge >= 0.3 is 102 Å². The Morgan fingerprint density at radius 2 is 1.33 bits per heavy atom. The van der Waals surface area contributed by atoms with E-state index >= 15 is 0 Å². The molecule has 0 aromatic rings. The molecule has 0 aliphatic carbocycles. The van der Waals surface area contributed by atoms with Gasteiger partial charge in [-0.25, -0.2) is 0 Å². The Bertz CT molecular complexity index is 174. The molecule has 0 atom stereocenters. The minimum absolute atomic E-state index is 0.248. The van der Waals surface area contributed by atoms with E-state index in [1.807, 2.05) is 13.8 Å². The van der Waals surface area contributed by atoms with Crippen molar-refractivity contribution in [2.24, 2.45) is 0 Å². The minimum atomic E-state index is -1.36. The predicted molar refractivity (Wildman–Crippen MR) is 57.0 cm³/mol. The summed E-state index contributed by atoms with van der Waals surface area (Å²) in [5.41, 5.74) is 0. The van der Waals surface area contributed by atoms with Gasteiger partial charge in [-0.3, -0.25) is 0 Å². The molecule has 0 bridgehead atoms. The first-order chi connectivity index (χ1) is 7.20. The molecule has 5 heteroatoms. The van der Waals surface area contributed by atoms with E-state index in [1.54, 1.807) is 0 Å². The van der Waals surface area contributed by atoms with Crippen LogP contribution in [0.15, 0.2) is 0 Å². The molecule has 0 aliphatic rings. The number of carbonyl (C=O) groups excluding carboxylic acids is 2. The molecular formula is C10H18O4Te. The van der Waals surface area contributed by atoms with Crippen LogP contribution in [0.3, 0.4) is 0 Å². The summed E-state index contributed by atoms with van der Waals surface area (Å²) in [7, 11) is 0. The van der Waals surface area contributed by atoms with Crippen molar-refractivity contribution in [2.75, 3.05) is 0 Å². The molecule has 0 saturated heterocycles. The fourth-order valence-corrected chi connectivity index (χ4v) is 1.82. The van der Waals surface area contributed by atoms with E-state index in [4.69, 9.17) is 6.20 Å². The van der Waals surface area contributed by atoms with Gasteiger partial charge in [-0.1, -0.05) is 0 Å². The van der Waals surface area contributed by atoms with E-state index in [2.05, 4.69) is 0 Å². The third-order valence-corrected chi connectivity index (χ3v) is 3.17. The Kier molecular flexibility index (Phi) is 10.1. The molecule has 0 heterocycles. The molecule has 0 spiro atoms. The van der Waals surface area contributed by atoms with Gasteiger partial charge in [-0.15, -0.1) is 0 Å². The van der Waals surface area contributed by atoms with Crippen molar-refractivity contribution < 1.29 is 15.8 Å². The summed E-state index contributed by atoms with van der Waals surface area (Å²) in [6.07, 6.45) is 4.44. The first kappa shape index (κ1) is 14.7. The Balaban J connectivity index is 3.36. The molecular weight excluding hydrogens is 312 g/mol. The van der Waals surface area contributed by atoms with E-state index in [0.717, 1.165) is 25.7 Å². The van der Waals surface area contributed by atoms with Crippen LogP contribution in [0.4, 0.5) is 0 Å². The summed E-state index contributed by atoms with van der Waals surface area (Å²) in [6, 6.07) is 0. The fraction of sp³-hybridized carbons (Fsp3) is 0.800. The van der Waals surface area contributed by atoms with Crippen molar-refractivity contribution in [3.8, 4) is 0 Å². The van der Waals surface area contributed by atoms with Crippen LogP contribution >= 0.6 is 0 Å². The van der Waals surface area contributed by atoms with Gasteiger partial charge in [0.05, 0.1) is 0 Å². The van der Waals surface area contributed by atoms with E-state index < -0.39 is 21.7 Å². The monoisotopic (exact) mass is 332 g/mol. The second kappa shape index (κ2) is 10.3. The van der Waals surface area contributed by atoms with Crippen molar-refractivity contribution in [1.82, 2.24) is 0 Å². The van der Waals surface area contributed by atoms with Crippen molar-refractivity contribution in [2.45, 2.75) is 52.4 Å². The van der Waals surface area contributed by atoms with Gasteiger partial charge < -0.3 is 0 Å². The van der Waals surface area contributed by atoms with Crippen molar-refractivity contribution in [3.05, 3.63) is 0 Å². The third-order valence-electron chi connectivity index (χ3n) is 1.72. The maximum atomic E-state index is 11.0. The van der Waals surface area contributed by atoms with Crippen LogP contribution in [0.1, 0.15) is 52.4 Å². The van der Waals surface area contributed by atoms with Gasteiger partial charge in [0.2, 0.25) is 0 Å². The number of rotatable bonds is 8. The molecule has 0 saturated carbocycles. The van der Waals surface area contributed by atoms with Gasteiger partial charge in [0.1, 0.15) is 0 Å². The van der Waals surface area contributed by atoms with Crippen LogP contribution < -0.4 is 0 Å². The Morgan fingerprint density at radius 3 is 1.67 bits per heavy atom. The fourth-order valence-electron chi connectivity index (χ4n) is 0.818. The molecule has 0 fully saturated rings. The van der Waals surface area contributed by atoms with Crippen LogP contribution in [0.25, 0.3) is 0 Å². The van der Waals surface area contributed by atoms with Crippen molar-refractivity contribution in [1.29, 1.82) is 0 Å². The number of carbonyl (C=O) groups is 2. The second-order valence-electron chi connectivity index (χ2n) is 3.19. The first-order valence-electron chi connectivity index (χ1n) is 5.27. The maximum absolute atomic E-state index is 11.0. The first-order valence-corrected chi connectivity index (χ1v) is 7.17. The van der Waals surface area contributed by atoms with Crippen LogP contribution in [-0.2, 0) is 15.8 Å². The zero-order chi connectivity index (χ0) is 11.5. The summed E-state index contributed by atoms with van der Waals surface area (Å²) in [6.45, 7) is 4.02. The van der Waals surface area contributed by atoms with E-state index in [1.165, 1.54) is 0 Å². The van der Waals surface area contributed by atoms with Crippen LogP contribution in [0, 0.1) is 0 Å². The van der Waals surface area contributed by atoms with E-state index in [9.17, 15) is 9.59 Å². The zero-order valence-corrected chi connectivity index (χ0v) is 11.6. The molecule has 0 N–H and O–H groups in total. The summed E-state index contributed by atoms with van der Waals surface area (Å²) < 4.78 is 9.69. The molecule has 0 aromatic carbocycles. The Morgan fingerprint density at radius 1 is 0.933 bits per heavy atom. The van der Waals surface area contributed by atoms with Crippen LogP contribution in [0.2, 0.25) is 0 Å². The molecule has 0 amide bonds. The van der Waals surface area contributed by atoms with Gasteiger partial charge in [0, 0.05) is 0 Å². The van der Waals surface area contributed by atoms with Crippen LogP contribution in [-0.4, -0.2) is 33.7 Å². The molecule has 0 radical (unpaired) electrons. The summed E-state index contributed by atoms with van der Waals surface area (Å²) >= 11 is -1.36. The molecule has 15 heavy (non-hydrogen) atoms. The number of hydrogen-bond donors (Lipinski definition) is 0.